The van der Waals surface area contributed by atoms with Crippen molar-refractivity contribution in [2.75, 3.05) is 13.1 Å². The van der Waals surface area contributed by atoms with E-state index in [0.717, 1.165) is 42.9 Å². The maximum absolute atomic E-state index is 11.9. The molecule has 36 heavy (non-hydrogen) atoms. The number of fused-ring (bicyclic) bond motifs is 2. The molecule has 7 atom stereocenters. The molecule has 1 aromatic heterocycles. The van der Waals surface area contributed by atoms with E-state index >= 15 is 0 Å². The number of esters is 1. The molecule has 0 amide bonds. The molecule has 1 saturated carbocycles. The Morgan fingerprint density at radius 2 is 2.03 bits per heavy atom. The van der Waals surface area contributed by atoms with Gasteiger partial charge in [0.1, 0.15) is 6.10 Å². The number of ether oxygens (including phenoxy) is 1. The molecule has 2 unspecified atom stereocenters. The summed E-state index contributed by atoms with van der Waals surface area (Å²) < 4.78 is 5.54. The van der Waals surface area contributed by atoms with Crippen molar-refractivity contribution in [3.8, 4) is 0 Å². The minimum absolute atomic E-state index is 0.0264. The molecule has 0 spiro atoms. The molecule has 1 radical (unpaired) electrons. The largest absolute Gasteiger partial charge is 0.458 e. The van der Waals surface area contributed by atoms with Crippen LogP contribution in [-0.4, -0.2) is 40.8 Å². The summed E-state index contributed by atoms with van der Waals surface area (Å²) >= 11 is 8.08. The highest BCUT2D eigenvalue weighted by molar-refractivity contribution is 7.10. The van der Waals surface area contributed by atoms with Crippen LogP contribution in [0.2, 0.25) is 5.02 Å². The van der Waals surface area contributed by atoms with Crippen molar-refractivity contribution in [1.82, 2.24) is 4.90 Å². The number of benzene rings is 1. The summed E-state index contributed by atoms with van der Waals surface area (Å²) in [4.78, 5) is 15.8. The molecule has 193 valence electrons. The van der Waals surface area contributed by atoms with Crippen LogP contribution in [0.3, 0.4) is 0 Å². The van der Waals surface area contributed by atoms with Crippen molar-refractivity contribution in [2.45, 2.75) is 64.7 Å². The molecule has 2 heterocycles. The predicted octanol–water partition coefficient (Wildman–Crippen LogP) is 6.47. The third kappa shape index (κ3) is 4.80. The molecule has 5 rings (SSSR count). The molecule has 6 heteroatoms. The van der Waals surface area contributed by atoms with Gasteiger partial charge >= 0.3 is 5.97 Å². The fourth-order valence-corrected chi connectivity index (χ4v) is 7.89. The van der Waals surface area contributed by atoms with Gasteiger partial charge < -0.3 is 9.84 Å². The van der Waals surface area contributed by atoms with Crippen molar-refractivity contribution in [3.05, 3.63) is 74.8 Å². The lowest BCUT2D eigenvalue weighted by molar-refractivity contribution is -0.148. The number of aliphatic hydroxyl groups is 1. The van der Waals surface area contributed by atoms with Gasteiger partial charge in [-0.15, -0.1) is 11.3 Å². The zero-order chi connectivity index (χ0) is 25.6. The first-order valence-electron chi connectivity index (χ1n) is 13.2. The Hall–Kier alpha value is -1.66. The second kappa shape index (κ2) is 10.2. The molecule has 2 aromatic rings. The number of carbonyl (C=O) groups excluding carboxylic acids is 1. The monoisotopic (exact) mass is 526 g/mol. The topological polar surface area (TPSA) is 49.8 Å². The van der Waals surface area contributed by atoms with Crippen LogP contribution < -0.4 is 0 Å². The van der Waals surface area contributed by atoms with Gasteiger partial charge in [-0.05, 0) is 84.2 Å². The summed E-state index contributed by atoms with van der Waals surface area (Å²) in [6.45, 7) is 9.92. The number of thiophene rings is 1. The standard InChI is InChI=1S/C30H37ClNO3S/c1-18-15-26-24(10-5-20(3)30(26,34)16-27(18)35-21(4)33)19(2)17-32-13-11-28-25(12-14-36-28)29(32)22-6-8-23(31)9-7-22/h6-9,12,14-16,19-20,24,26-27,29,34H,5,10-11,13,17H2,1-4H3/t19?,20-,24+,26-,27-,29?,30-/m1/s1. The first-order chi connectivity index (χ1) is 17.2. The summed E-state index contributed by atoms with van der Waals surface area (Å²) in [5.41, 5.74) is 2.76. The van der Waals surface area contributed by atoms with E-state index in [1.807, 2.05) is 36.8 Å². The number of nitrogens with zero attached hydrogens (tertiary/aromatic N) is 1. The van der Waals surface area contributed by atoms with Gasteiger partial charge in [-0.1, -0.05) is 43.7 Å². The van der Waals surface area contributed by atoms with Gasteiger partial charge in [-0.3, -0.25) is 9.69 Å². The van der Waals surface area contributed by atoms with Crippen LogP contribution in [-0.2, 0) is 16.0 Å². The molecule has 0 bridgehead atoms. The molecule has 1 aliphatic heterocycles. The first-order valence-corrected chi connectivity index (χ1v) is 14.4. The van der Waals surface area contributed by atoms with Crippen molar-refractivity contribution >= 4 is 28.9 Å². The smallest absolute Gasteiger partial charge is 0.303 e. The van der Waals surface area contributed by atoms with E-state index in [4.69, 9.17) is 16.3 Å². The third-order valence-corrected chi connectivity index (χ3v) is 10.1. The Bertz CT molecular complexity index is 1130. The van der Waals surface area contributed by atoms with Crippen LogP contribution in [0.5, 0.6) is 0 Å². The Balaban J connectivity index is 1.41. The van der Waals surface area contributed by atoms with Crippen LogP contribution >= 0.6 is 22.9 Å². The molecule has 4 nitrogen and oxygen atoms in total. The van der Waals surface area contributed by atoms with Crippen LogP contribution in [0.4, 0.5) is 0 Å². The highest BCUT2D eigenvalue weighted by Gasteiger charge is 2.53. The normalized spacial score (nSPS) is 33.3. The third-order valence-electron chi connectivity index (χ3n) is 8.83. The second-order valence-corrected chi connectivity index (χ2v) is 12.6. The average molecular weight is 527 g/mol. The number of carbonyl (C=O) groups is 1. The van der Waals surface area contributed by atoms with Gasteiger partial charge in [0, 0.05) is 42.3 Å². The fraction of sp³-hybridized carbons (Fsp3) is 0.533. The molecular weight excluding hydrogens is 490 g/mol. The Kier molecular flexibility index (Phi) is 7.39. The lowest BCUT2D eigenvalue weighted by atomic mass is 9.57. The quantitative estimate of drug-likeness (QED) is 0.358. The highest BCUT2D eigenvalue weighted by atomic mass is 35.5. The summed E-state index contributed by atoms with van der Waals surface area (Å²) in [5.74, 6) is 0.583. The summed E-state index contributed by atoms with van der Waals surface area (Å²) in [6, 6.07) is 10.8. The zero-order valence-corrected chi connectivity index (χ0v) is 23.2. The molecule has 1 N–H and O–H groups in total. The van der Waals surface area contributed by atoms with Gasteiger partial charge in [0.2, 0.25) is 0 Å². The van der Waals surface area contributed by atoms with E-state index in [1.165, 1.54) is 22.9 Å². The van der Waals surface area contributed by atoms with Crippen molar-refractivity contribution in [3.63, 3.8) is 0 Å². The van der Waals surface area contributed by atoms with Gasteiger partial charge in [-0.2, -0.15) is 0 Å². The van der Waals surface area contributed by atoms with Gasteiger partial charge in [-0.25, -0.2) is 0 Å². The minimum Gasteiger partial charge on any atom is -0.458 e. The predicted molar refractivity (Wildman–Crippen MR) is 146 cm³/mol. The van der Waals surface area contributed by atoms with Crippen LogP contribution in [0.25, 0.3) is 0 Å². The average Bonchev–Trinajstić information content (AvgIpc) is 3.30. The maximum Gasteiger partial charge on any atom is 0.303 e. The second-order valence-electron chi connectivity index (χ2n) is 11.1. The molecule has 1 fully saturated rings. The van der Waals surface area contributed by atoms with Gasteiger partial charge in [0.05, 0.1) is 11.6 Å². The van der Waals surface area contributed by atoms with Crippen LogP contribution in [0.1, 0.15) is 62.6 Å². The van der Waals surface area contributed by atoms with E-state index in [9.17, 15) is 9.90 Å². The minimum atomic E-state index is -0.963. The summed E-state index contributed by atoms with van der Waals surface area (Å²) in [6.07, 6.45) is 6.80. The van der Waals surface area contributed by atoms with E-state index < -0.39 is 11.7 Å². The van der Waals surface area contributed by atoms with Crippen molar-refractivity contribution < 1.29 is 14.6 Å². The van der Waals surface area contributed by atoms with Crippen molar-refractivity contribution in [1.29, 1.82) is 0 Å². The first kappa shape index (κ1) is 26.0. The lowest BCUT2D eigenvalue weighted by Crippen LogP contribution is -2.57. The number of rotatable bonds is 5. The molecule has 1 aromatic carbocycles. The fourth-order valence-electron chi connectivity index (χ4n) is 6.86. The van der Waals surface area contributed by atoms with E-state index in [-0.39, 0.29) is 23.8 Å². The molecule has 3 aliphatic rings. The van der Waals surface area contributed by atoms with E-state index in [2.05, 4.69) is 48.4 Å². The van der Waals surface area contributed by atoms with Crippen molar-refractivity contribution in [2.24, 2.45) is 23.7 Å². The SMILES string of the molecule is CC(=O)O[C@@H]1[CH][C@@]2(O)[C@H](C)CC[C@@H](C(C)CN3CCc4sccc4C3c3ccc(Cl)cc3)[C@H]2C=C1C. The van der Waals surface area contributed by atoms with Gasteiger partial charge in [0.15, 0.2) is 0 Å². The number of hydrogen-bond acceptors (Lipinski definition) is 5. The Labute approximate surface area is 224 Å². The summed E-state index contributed by atoms with van der Waals surface area (Å²) in [5, 5.41) is 14.9. The zero-order valence-electron chi connectivity index (χ0n) is 21.6. The summed E-state index contributed by atoms with van der Waals surface area (Å²) in [7, 11) is 0. The highest BCUT2D eigenvalue weighted by Crippen LogP contribution is 2.51. The lowest BCUT2D eigenvalue weighted by Gasteiger charge is -2.53. The van der Waals surface area contributed by atoms with Gasteiger partial charge in [0.25, 0.3) is 0 Å². The van der Waals surface area contributed by atoms with Crippen LogP contribution in [0.15, 0.2) is 47.4 Å². The number of halogens is 1. The Morgan fingerprint density at radius 1 is 1.28 bits per heavy atom. The van der Waals surface area contributed by atoms with Crippen LogP contribution in [0, 0.1) is 30.1 Å². The molecular formula is C30H37ClNO3S. The Morgan fingerprint density at radius 3 is 2.75 bits per heavy atom. The van der Waals surface area contributed by atoms with E-state index in [0.29, 0.717) is 11.8 Å². The van der Waals surface area contributed by atoms with E-state index in [1.54, 1.807) is 0 Å². The maximum atomic E-state index is 11.9. The molecule has 0 saturated heterocycles. The molecule has 2 aliphatic carbocycles. The number of hydrogen-bond donors (Lipinski definition) is 1.